The Morgan fingerprint density at radius 1 is 1.32 bits per heavy atom. The lowest BCUT2D eigenvalue weighted by atomic mass is 9.89. The largest absolute Gasteiger partial charge is 0.463 e. The van der Waals surface area contributed by atoms with Crippen LogP contribution in [0.3, 0.4) is 0 Å². The van der Waals surface area contributed by atoms with Crippen LogP contribution in [0.2, 0.25) is 0 Å². The zero-order valence-corrected chi connectivity index (χ0v) is 12.7. The lowest BCUT2D eigenvalue weighted by Gasteiger charge is -2.26. The van der Waals surface area contributed by atoms with Gasteiger partial charge >= 0.3 is 0 Å². The van der Waals surface area contributed by atoms with Crippen LogP contribution >= 0.6 is 0 Å². The molecule has 1 heterocycles. The molecule has 0 unspecified atom stereocenters. The van der Waals surface area contributed by atoms with Gasteiger partial charge in [-0.3, -0.25) is 4.90 Å². The fourth-order valence-corrected chi connectivity index (χ4v) is 3.15. The molecule has 0 aliphatic heterocycles. The highest BCUT2D eigenvalue weighted by Gasteiger charge is 2.16. The summed E-state index contributed by atoms with van der Waals surface area (Å²) in [5.74, 6) is 3.07. The van der Waals surface area contributed by atoms with E-state index >= 15 is 0 Å². The van der Waals surface area contributed by atoms with Gasteiger partial charge in [0, 0.05) is 6.54 Å². The van der Waals surface area contributed by atoms with Crippen molar-refractivity contribution >= 4 is 0 Å². The Hall–Kier alpha value is -0.800. The molecule has 1 aromatic heterocycles. The lowest BCUT2D eigenvalue weighted by molar-refractivity contribution is 0.214. The molecule has 1 aromatic rings. The molecule has 0 saturated heterocycles. The minimum absolute atomic E-state index is 0.818. The molecular formula is C16H28N2O. The lowest BCUT2D eigenvalue weighted by Crippen LogP contribution is -2.26. The van der Waals surface area contributed by atoms with Crippen LogP contribution in [0.25, 0.3) is 0 Å². The summed E-state index contributed by atoms with van der Waals surface area (Å²) in [5.41, 5.74) is 1.26. The van der Waals surface area contributed by atoms with Crippen LogP contribution in [0.15, 0.2) is 10.5 Å². The molecule has 0 bridgehead atoms. The average Bonchev–Trinajstić information content (AvgIpc) is 2.71. The van der Waals surface area contributed by atoms with Gasteiger partial charge < -0.3 is 9.73 Å². The molecule has 0 spiro atoms. The summed E-state index contributed by atoms with van der Waals surface area (Å²) < 4.78 is 5.91. The number of furan rings is 1. The van der Waals surface area contributed by atoms with Crippen molar-refractivity contribution in [2.24, 2.45) is 5.92 Å². The molecule has 1 aliphatic rings. The number of nitrogens with one attached hydrogen (secondary N) is 1. The smallest absolute Gasteiger partial charge is 0.120 e. The van der Waals surface area contributed by atoms with Crippen molar-refractivity contribution in [2.75, 3.05) is 20.6 Å². The number of hydrogen-bond donors (Lipinski definition) is 1. The predicted molar refractivity (Wildman–Crippen MR) is 79.1 cm³/mol. The minimum Gasteiger partial charge on any atom is -0.463 e. The molecule has 0 atom stereocenters. The van der Waals surface area contributed by atoms with Crippen LogP contribution in [0, 0.1) is 12.8 Å². The monoisotopic (exact) mass is 264 g/mol. The highest BCUT2D eigenvalue weighted by atomic mass is 16.3. The topological polar surface area (TPSA) is 28.4 Å². The number of nitrogens with zero attached hydrogens (tertiary/aromatic N) is 1. The molecule has 1 saturated carbocycles. The Balaban J connectivity index is 1.83. The first-order valence-electron chi connectivity index (χ1n) is 7.60. The number of hydrogen-bond acceptors (Lipinski definition) is 3. The van der Waals surface area contributed by atoms with Gasteiger partial charge in [-0.1, -0.05) is 19.3 Å². The first kappa shape index (κ1) is 14.6. The van der Waals surface area contributed by atoms with E-state index in [4.69, 9.17) is 4.42 Å². The first-order chi connectivity index (χ1) is 9.19. The van der Waals surface area contributed by atoms with Crippen molar-refractivity contribution in [3.05, 3.63) is 23.2 Å². The summed E-state index contributed by atoms with van der Waals surface area (Å²) in [6, 6.07) is 2.18. The van der Waals surface area contributed by atoms with Crippen LogP contribution in [-0.4, -0.2) is 25.5 Å². The third-order valence-corrected chi connectivity index (χ3v) is 4.13. The van der Waals surface area contributed by atoms with E-state index in [9.17, 15) is 0 Å². The highest BCUT2D eigenvalue weighted by molar-refractivity contribution is 5.19. The van der Waals surface area contributed by atoms with Gasteiger partial charge in [-0.25, -0.2) is 0 Å². The molecule has 3 heteroatoms. The van der Waals surface area contributed by atoms with Gasteiger partial charge in [-0.05, 0) is 51.4 Å². The van der Waals surface area contributed by atoms with Crippen LogP contribution < -0.4 is 5.32 Å². The van der Waals surface area contributed by atoms with E-state index in [1.165, 1.54) is 44.2 Å². The van der Waals surface area contributed by atoms with Gasteiger partial charge in [-0.2, -0.15) is 0 Å². The maximum atomic E-state index is 5.91. The van der Waals surface area contributed by atoms with E-state index in [0.29, 0.717) is 0 Å². The summed E-state index contributed by atoms with van der Waals surface area (Å²) in [7, 11) is 4.17. The molecule has 0 aromatic carbocycles. The number of rotatable bonds is 6. The molecule has 2 rings (SSSR count). The Labute approximate surface area is 117 Å². The molecule has 1 aliphatic carbocycles. The van der Waals surface area contributed by atoms with E-state index in [2.05, 4.69) is 30.3 Å². The fraction of sp³-hybridized carbons (Fsp3) is 0.750. The molecule has 0 radical (unpaired) electrons. The Morgan fingerprint density at radius 3 is 2.74 bits per heavy atom. The predicted octanol–water partition coefficient (Wildman–Crippen LogP) is 3.32. The minimum atomic E-state index is 0.818. The SMILES string of the molecule is CNCc1oc(CN(C)CC2CCCCC2)cc1C. The Kier molecular flexibility index (Phi) is 5.46. The third kappa shape index (κ3) is 4.36. The number of aryl methyl sites for hydroxylation is 1. The molecule has 0 amide bonds. The first-order valence-corrected chi connectivity index (χ1v) is 7.60. The second kappa shape index (κ2) is 7.11. The molecule has 108 valence electrons. The van der Waals surface area contributed by atoms with Crippen molar-refractivity contribution in [2.45, 2.75) is 52.1 Å². The molecular weight excluding hydrogens is 236 g/mol. The van der Waals surface area contributed by atoms with E-state index in [-0.39, 0.29) is 0 Å². The Bertz CT molecular complexity index is 380. The van der Waals surface area contributed by atoms with E-state index in [1.807, 2.05) is 7.05 Å². The van der Waals surface area contributed by atoms with Gasteiger partial charge in [-0.15, -0.1) is 0 Å². The van der Waals surface area contributed by atoms with Crippen molar-refractivity contribution < 1.29 is 4.42 Å². The molecule has 3 nitrogen and oxygen atoms in total. The maximum Gasteiger partial charge on any atom is 0.120 e. The summed E-state index contributed by atoms with van der Waals surface area (Å²) in [5, 5.41) is 3.15. The van der Waals surface area contributed by atoms with Gasteiger partial charge in [0.05, 0.1) is 13.1 Å². The summed E-state index contributed by atoms with van der Waals surface area (Å²) in [4.78, 5) is 2.41. The van der Waals surface area contributed by atoms with Crippen LogP contribution in [0.4, 0.5) is 0 Å². The van der Waals surface area contributed by atoms with E-state index < -0.39 is 0 Å². The third-order valence-electron chi connectivity index (χ3n) is 4.13. The van der Waals surface area contributed by atoms with Crippen molar-refractivity contribution in [1.82, 2.24) is 10.2 Å². The average molecular weight is 264 g/mol. The van der Waals surface area contributed by atoms with Crippen molar-refractivity contribution in [1.29, 1.82) is 0 Å². The summed E-state index contributed by atoms with van der Waals surface area (Å²) in [6.07, 6.45) is 7.10. The van der Waals surface area contributed by atoms with Crippen molar-refractivity contribution in [3.8, 4) is 0 Å². The van der Waals surface area contributed by atoms with Crippen LogP contribution in [0.1, 0.15) is 49.2 Å². The van der Waals surface area contributed by atoms with E-state index in [1.54, 1.807) is 0 Å². The van der Waals surface area contributed by atoms with Crippen LogP contribution in [-0.2, 0) is 13.1 Å². The standard InChI is InChI=1S/C16H28N2O/c1-13-9-15(19-16(13)10-17-2)12-18(3)11-14-7-5-4-6-8-14/h9,14,17H,4-8,10-12H2,1-3H3. The zero-order chi connectivity index (χ0) is 13.7. The summed E-state index contributed by atoms with van der Waals surface area (Å²) in [6.45, 7) is 5.08. The maximum absolute atomic E-state index is 5.91. The van der Waals surface area contributed by atoms with Gasteiger partial charge in [0.25, 0.3) is 0 Å². The second-order valence-electron chi connectivity index (χ2n) is 6.05. The quantitative estimate of drug-likeness (QED) is 0.854. The molecule has 19 heavy (non-hydrogen) atoms. The van der Waals surface area contributed by atoms with Crippen molar-refractivity contribution in [3.63, 3.8) is 0 Å². The highest BCUT2D eigenvalue weighted by Crippen LogP contribution is 2.25. The normalized spacial score (nSPS) is 17.3. The van der Waals surface area contributed by atoms with Gasteiger partial charge in [0.15, 0.2) is 0 Å². The molecule has 1 N–H and O–H groups in total. The second-order valence-corrected chi connectivity index (χ2v) is 6.05. The fourth-order valence-electron chi connectivity index (χ4n) is 3.15. The van der Waals surface area contributed by atoms with E-state index in [0.717, 1.165) is 30.5 Å². The van der Waals surface area contributed by atoms with Gasteiger partial charge in [0.2, 0.25) is 0 Å². The Morgan fingerprint density at radius 2 is 2.05 bits per heavy atom. The van der Waals surface area contributed by atoms with Gasteiger partial charge in [0.1, 0.15) is 11.5 Å². The molecule has 1 fully saturated rings. The summed E-state index contributed by atoms with van der Waals surface area (Å²) >= 11 is 0. The zero-order valence-electron chi connectivity index (χ0n) is 12.7. The van der Waals surface area contributed by atoms with Crippen LogP contribution in [0.5, 0.6) is 0 Å².